The number of carboxylic acid groups (broad SMARTS) is 1. The average Bonchev–Trinajstić information content (AvgIpc) is 3.13. The third kappa shape index (κ3) is 3.05. The topological polar surface area (TPSA) is 60.9 Å². The Morgan fingerprint density at radius 3 is 2.86 bits per heavy atom. The number of carbonyl (C=O) groups excluding carboxylic acids is 1. The maximum absolute atomic E-state index is 12.7. The number of rotatable bonds is 3. The molecule has 1 fully saturated rings. The molecule has 0 bridgehead atoms. The SMILES string of the molecule is O=C(O)CN(C(=O)N1CCc2sccc2C1)C1CCCC1. The van der Waals surface area contributed by atoms with E-state index in [4.69, 9.17) is 5.11 Å². The summed E-state index contributed by atoms with van der Waals surface area (Å²) in [5.41, 5.74) is 1.21. The van der Waals surface area contributed by atoms with Crippen LogP contribution < -0.4 is 0 Å². The summed E-state index contributed by atoms with van der Waals surface area (Å²) in [4.78, 5) is 28.6. The highest BCUT2D eigenvalue weighted by atomic mass is 32.1. The van der Waals surface area contributed by atoms with Crippen molar-refractivity contribution in [2.45, 2.75) is 44.7 Å². The molecule has 1 aliphatic carbocycles. The van der Waals surface area contributed by atoms with Gasteiger partial charge in [-0.3, -0.25) is 4.79 Å². The monoisotopic (exact) mass is 308 g/mol. The molecule has 1 aromatic rings. The van der Waals surface area contributed by atoms with Gasteiger partial charge in [0.15, 0.2) is 0 Å². The number of carbonyl (C=O) groups is 2. The second-order valence-corrected chi connectivity index (χ2v) is 6.78. The second kappa shape index (κ2) is 6.05. The Morgan fingerprint density at radius 2 is 2.14 bits per heavy atom. The van der Waals surface area contributed by atoms with Crippen molar-refractivity contribution >= 4 is 23.3 Å². The third-order valence-electron chi connectivity index (χ3n) is 4.39. The molecule has 2 aliphatic rings. The summed E-state index contributed by atoms with van der Waals surface area (Å²) in [7, 11) is 0. The van der Waals surface area contributed by atoms with Crippen LogP contribution in [0.1, 0.15) is 36.1 Å². The molecule has 0 saturated heterocycles. The van der Waals surface area contributed by atoms with Gasteiger partial charge in [-0.05, 0) is 36.3 Å². The second-order valence-electron chi connectivity index (χ2n) is 5.78. The van der Waals surface area contributed by atoms with Gasteiger partial charge in [0, 0.05) is 24.0 Å². The van der Waals surface area contributed by atoms with Crippen LogP contribution in [0.15, 0.2) is 11.4 Å². The highest BCUT2D eigenvalue weighted by molar-refractivity contribution is 7.10. The predicted molar refractivity (Wildman–Crippen MR) is 80.4 cm³/mol. The zero-order valence-electron chi connectivity index (χ0n) is 12.0. The van der Waals surface area contributed by atoms with Gasteiger partial charge in [0.05, 0.1) is 0 Å². The van der Waals surface area contributed by atoms with E-state index < -0.39 is 5.97 Å². The first-order valence-corrected chi connectivity index (χ1v) is 8.35. The van der Waals surface area contributed by atoms with Gasteiger partial charge < -0.3 is 14.9 Å². The number of hydrogen-bond donors (Lipinski definition) is 1. The lowest BCUT2D eigenvalue weighted by atomic mass is 10.1. The average molecular weight is 308 g/mol. The summed E-state index contributed by atoms with van der Waals surface area (Å²) in [6.45, 7) is 1.12. The summed E-state index contributed by atoms with van der Waals surface area (Å²) in [5, 5.41) is 11.2. The van der Waals surface area contributed by atoms with Gasteiger partial charge in [0.25, 0.3) is 0 Å². The van der Waals surface area contributed by atoms with Crippen molar-refractivity contribution in [1.29, 1.82) is 0 Å². The zero-order chi connectivity index (χ0) is 14.8. The minimum Gasteiger partial charge on any atom is -0.480 e. The van der Waals surface area contributed by atoms with Gasteiger partial charge in [-0.25, -0.2) is 4.79 Å². The van der Waals surface area contributed by atoms with E-state index in [1.807, 2.05) is 0 Å². The summed E-state index contributed by atoms with van der Waals surface area (Å²) in [6, 6.07) is 2.05. The molecular formula is C15H20N2O3S. The van der Waals surface area contributed by atoms with Gasteiger partial charge in [-0.2, -0.15) is 0 Å². The molecule has 114 valence electrons. The van der Waals surface area contributed by atoms with Crippen LogP contribution in [0.5, 0.6) is 0 Å². The molecule has 3 rings (SSSR count). The van der Waals surface area contributed by atoms with Crippen LogP contribution in [-0.4, -0.2) is 46.0 Å². The lowest BCUT2D eigenvalue weighted by Crippen LogP contribution is -2.50. The molecule has 0 aromatic carbocycles. The highest BCUT2D eigenvalue weighted by Gasteiger charge is 2.32. The third-order valence-corrected chi connectivity index (χ3v) is 5.42. The first-order valence-electron chi connectivity index (χ1n) is 7.47. The van der Waals surface area contributed by atoms with E-state index in [1.165, 1.54) is 10.4 Å². The number of hydrogen-bond acceptors (Lipinski definition) is 3. The fraction of sp³-hybridized carbons (Fsp3) is 0.600. The minimum atomic E-state index is -0.927. The van der Waals surface area contributed by atoms with E-state index in [0.29, 0.717) is 13.1 Å². The summed E-state index contributed by atoms with van der Waals surface area (Å²) < 4.78 is 0. The van der Waals surface area contributed by atoms with Crippen molar-refractivity contribution in [3.63, 3.8) is 0 Å². The molecule has 1 aliphatic heterocycles. The summed E-state index contributed by atoms with van der Waals surface area (Å²) in [6.07, 6.45) is 4.91. The van der Waals surface area contributed by atoms with Gasteiger partial charge in [-0.1, -0.05) is 12.8 Å². The number of nitrogens with zero attached hydrogens (tertiary/aromatic N) is 2. The van der Waals surface area contributed by atoms with Crippen LogP contribution in [0.2, 0.25) is 0 Å². The Hall–Kier alpha value is -1.56. The molecule has 5 nitrogen and oxygen atoms in total. The molecule has 0 atom stereocenters. The molecule has 2 heterocycles. The Balaban J connectivity index is 1.73. The molecule has 1 N–H and O–H groups in total. The number of fused-ring (bicyclic) bond motifs is 1. The zero-order valence-corrected chi connectivity index (χ0v) is 12.8. The molecule has 0 radical (unpaired) electrons. The number of amides is 2. The Bertz CT molecular complexity index is 537. The Kier molecular flexibility index (Phi) is 4.14. The fourth-order valence-corrected chi connectivity index (χ4v) is 4.20. The standard InChI is InChI=1S/C15H20N2O3S/c18-14(19)10-17(12-3-1-2-4-12)15(20)16-7-5-13-11(9-16)6-8-21-13/h6,8,12H,1-5,7,9-10H2,(H,18,19). The number of aliphatic carboxylic acids is 1. The van der Waals surface area contributed by atoms with E-state index in [2.05, 4.69) is 11.4 Å². The molecule has 6 heteroatoms. The van der Waals surface area contributed by atoms with Crippen molar-refractivity contribution in [1.82, 2.24) is 9.80 Å². The van der Waals surface area contributed by atoms with Crippen LogP contribution in [-0.2, 0) is 17.8 Å². The fourth-order valence-electron chi connectivity index (χ4n) is 3.31. The lowest BCUT2D eigenvalue weighted by molar-refractivity contribution is -0.138. The first-order chi connectivity index (χ1) is 10.1. The molecular weight excluding hydrogens is 288 g/mol. The summed E-state index contributed by atoms with van der Waals surface area (Å²) >= 11 is 1.74. The normalized spacial score (nSPS) is 18.6. The molecule has 2 amide bonds. The van der Waals surface area contributed by atoms with Crippen LogP contribution in [0, 0.1) is 0 Å². The summed E-state index contributed by atoms with van der Waals surface area (Å²) in [5.74, 6) is -0.927. The molecule has 21 heavy (non-hydrogen) atoms. The van der Waals surface area contributed by atoms with Crippen LogP contribution in [0.3, 0.4) is 0 Å². The number of urea groups is 1. The quantitative estimate of drug-likeness (QED) is 0.933. The van der Waals surface area contributed by atoms with Crippen molar-refractivity contribution in [2.24, 2.45) is 0 Å². The lowest BCUT2D eigenvalue weighted by Gasteiger charge is -2.35. The van der Waals surface area contributed by atoms with Crippen molar-refractivity contribution in [3.05, 3.63) is 21.9 Å². The van der Waals surface area contributed by atoms with Gasteiger partial charge in [0.1, 0.15) is 6.54 Å². The van der Waals surface area contributed by atoms with Crippen LogP contribution in [0.25, 0.3) is 0 Å². The Labute approximate surface area is 128 Å². The molecule has 0 spiro atoms. The van der Waals surface area contributed by atoms with Gasteiger partial charge in [0.2, 0.25) is 0 Å². The molecule has 1 saturated carbocycles. The van der Waals surface area contributed by atoms with Crippen molar-refractivity contribution in [2.75, 3.05) is 13.1 Å². The van der Waals surface area contributed by atoms with E-state index in [1.54, 1.807) is 21.1 Å². The van der Waals surface area contributed by atoms with Crippen LogP contribution >= 0.6 is 11.3 Å². The maximum Gasteiger partial charge on any atom is 0.323 e. The minimum absolute atomic E-state index is 0.0949. The van der Waals surface area contributed by atoms with Crippen LogP contribution in [0.4, 0.5) is 4.79 Å². The molecule has 0 unspecified atom stereocenters. The smallest absolute Gasteiger partial charge is 0.323 e. The first kappa shape index (κ1) is 14.4. The highest BCUT2D eigenvalue weighted by Crippen LogP contribution is 2.28. The van der Waals surface area contributed by atoms with E-state index in [0.717, 1.165) is 32.1 Å². The van der Waals surface area contributed by atoms with Gasteiger partial charge in [-0.15, -0.1) is 11.3 Å². The molecule has 1 aromatic heterocycles. The van der Waals surface area contributed by atoms with E-state index >= 15 is 0 Å². The Morgan fingerprint density at radius 1 is 1.38 bits per heavy atom. The van der Waals surface area contributed by atoms with Gasteiger partial charge >= 0.3 is 12.0 Å². The van der Waals surface area contributed by atoms with E-state index in [-0.39, 0.29) is 18.6 Å². The van der Waals surface area contributed by atoms with E-state index in [9.17, 15) is 9.59 Å². The number of thiophene rings is 1. The largest absolute Gasteiger partial charge is 0.480 e. The van der Waals surface area contributed by atoms with Crippen molar-refractivity contribution < 1.29 is 14.7 Å². The number of carboxylic acids is 1. The predicted octanol–water partition coefficient (Wildman–Crippen LogP) is 2.56. The van der Waals surface area contributed by atoms with Crippen molar-refractivity contribution in [3.8, 4) is 0 Å². The maximum atomic E-state index is 12.7.